The molecule has 0 aliphatic heterocycles. The summed E-state index contributed by atoms with van der Waals surface area (Å²) >= 11 is 0. The first-order chi connectivity index (χ1) is 10.4. The van der Waals surface area contributed by atoms with Crippen LogP contribution in [0.4, 0.5) is 0 Å². The summed E-state index contributed by atoms with van der Waals surface area (Å²) in [7, 11) is 2.02. The van der Waals surface area contributed by atoms with Crippen molar-refractivity contribution in [3.8, 4) is 0 Å². The van der Waals surface area contributed by atoms with Gasteiger partial charge in [-0.25, -0.2) is 0 Å². The Morgan fingerprint density at radius 2 is 1.52 bits per heavy atom. The van der Waals surface area contributed by atoms with E-state index in [0.29, 0.717) is 0 Å². The fourth-order valence-corrected chi connectivity index (χ4v) is 5.87. The highest BCUT2D eigenvalue weighted by Gasteiger charge is 2.12. The van der Waals surface area contributed by atoms with Crippen molar-refractivity contribution in [2.24, 2.45) is 0 Å². The van der Waals surface area contributed by atoms with E-state index in [1.54, 1.807) is 0 Å². The van der Waals surface area contributed by atoms with E-state index >= 15 is 0 Å². The zero-order chi connectivity index (χ0) is 14.8. The highest BCUT2D eigenvalue weighted by Crippen LogP contribution is 2.15. The zero-order valence-corrected chi connectivity index (χ0v) is 14.9. The van der Waals surface area contributed by atoms with E-state index in [9.17, 15) is 0 Å². The molecule has 0 aliphatic rings. The Balaban J connectivity index is 1.88. The van der Waals surface area contributed by atoms with Crippen molar-refractivity contribution in [1.82, 2.24) is 0 Å². The molecule has 4 radical (unpaired) electrons. The molecule has 2 aromatic rings. The smallest absolute Gasteiger partial charge is 0.0654 e. The van der Waals surface area contributed by atoms with E-state index in [-0.39, 0.29) is 0 Å². The average molecular weight is 309 g/mol. The van der Waals surface area contributed by atoms with Gasteiger partial charge in [-0.1, -0.05) is 109 Å². The Morgan fingerprint density at radius 1 is 0.857 bits per heavy atom. The van der Waals surface area contributed by atoms with Gasteiger partial charge in [0.2, 0.25) is 0 Å². The van der Waals surface area contributed by atoms with Gasteiger partial charge in [-0.15, -0.1) is 0 Å². The fourth-order valence-electron chi connectivity index (χ4n) is 2.40. The van der Waals surface area contributed by atoms with Crippen LogP contribution in [0.25, 0.3) is 0 Å². The maximum absolute atomic E-state index is 2.29. The number of hydrogen-bond acceptors (Lipinski definition) is 0. The van der Waals surface area contributed by atoms with E-state index in [4.69, 9.17) is 0 Å². The third-order valence-electron chi connectivity index (χ3n) is 3.61. The lowest BCUT2D eigenvalue weighted by molar-refractivity contribution is 0.685. The Bertz CT molecular complexity index is 481. The van der Waals surface area contributed by atoms with E-state index in [2.05, 4.69) is 67.6 Å². The lowest BCUT2D eigenvalue weighted by Gasteiger charge is -2.15. The molecule has 2 rings (SSSR count). The van der Waals surface area contributed by atoms with Crippen LogP contribution in [0.3, 0.4) is 0 Å². The monoisotopic (exact) mass is 308 g/mol. The molecule has 0 nitrogen and oxygen atoms in total. The summed E-state index contributed by atoms with van der Waals surface area (Å²) in [6.45, 7) is 2.29. The number of unbranched alkanes of at least 4 members (excludes halogenated alkanes) is 2. The van der Waals surface area contributed by atoms with Gasteiger partial charge in [-0.05, 0) is 6.04 Å². The van der Waals surface area contributed by atoms with Crippen molar-refractivity contribution < 1.29 is 0 Å². The van der Waals surface area contributed by atoms with E-state index in [0.717, 1.165) is 24.2 Å². The van der Waals surface area contributed by atoms with Crippen LogP contribution in [0.2, 0.25) is 5.16 Å². The Labute approximate surface area is 134 Å². The van der Waals surface area contributed by atoms with Crippen molar-refractivity contribution >= 4 is 24.2 Å². The summed E-state index contributed by atoms with van der Waals surface area (Å²) in [6, 6.07) is 23.2. The molecule has 0 N–H and O–H groups in total. The molecule has 0 saturated carbocycles. The van der Waals surface area contributed by atoms with Crippen LogP contribution in [0, 0.1) is 0 Å². The normalized spacial score (nSPS) is 12.2. The molecular formula is C19H24Si2. The lowest BCUT2D eigenvalue weighted by Crippen LogP contribution is -2.24. The van der Waals surface area contributed by atoms with Gasteiger partial charge in [0, 0.05) is 9.52 Å². The largest absolute Gasteiger partial charge is 0.0808 e. The first-order valence-electron chi connectivity index (χ1n) is 7.97. The Kier molecular flexibility index (Phi) is 7.54. The van der Waals surface area contributed by atoms with E-state index < -0.39 is 0 Å². The Hall–Kier alpha value is -1.13. The maximum atomic E-state index is 2.29. The Morgan fingerprint density at radius 3 is 2.19 bits per heavy atom. The molecular weight excluding hydrogens is 284 g/mol. The SMILES string of the molecule is CCCCC[C@H]([Si]Cc1ccccc1)[Si]c1ccccc1. The number of rotatable bonds is 9. The maximum Gasteiger partial charge on any atom is 0.0808 e. The molecule has 21 heavy (non-hydrogen) atoms. The van der Waals surface area contributed by atoms with E-state index in [1.807, 2.05) is 0 Å². The molecule has 0 amide bonds. The molecule has 108 valence electrons. The average Bonchev–Trinajstić information content (AvgIpc) is 2.54. The van der Waals surface area contributed by atoms with Crippen LogP contribution in [0.5, 0.6) is 0 Å². The van der Waals surface area contributed by atoms with E-state index in [1.165, 1.54) is 42.5 Å². The highest BCUT2D eigenvalue weighted by molar-refractivity contribution is 6.67. The molecule has 1 atom stereocenters. The minimum absolute atomic E-state index is 0.874. The minimum Gasteiger partial charge on any atom is -0.0654 e. The highest BCUT2D eigenvalue weighted by atomic mass is 28.3. The van der Waals surface area contributed by atoms with Gasteiger partial charge in [0.05, 0.1) is 9.52 Å². The minimum atomic E-state index is 0.874. The first-order valence-corrected chi connectivity index (χ1v) is 10.3. The van der Waals surface area contributed by atoms with Crippen LogP contribution in [-0.4, -0.2) is 19.0 Å². The second-order valence-electron chi connectivity index (χ2n) is 5.43. The van der Waals surface area contributed by atoms with Gasteiger partial charge in [-0.3, -0.25) is 0 Å². The summed E-state index contributed by atoms with van der Waals surface area (Å²) in [4.78, 5) is 0. The molecule has 0 saturated heterocycles. The van der Waals surface area contributed by atoms with Gasteiger partial charge < -0.3 is 0 Å². The van der Waals surface area contributed by atoms with Crippen LogP contribution in [-0.2, 0) is 6.04 Å². The van der Waals surface area contributed by atoms with Crippen LogP contribution >= 0.6 is 0 Å². The van der Waals surface area contributed by atoms with Crippen molar-refractivity contribution in [1.29, 1.82) is 0 Å². The molecule has 0 unspecified atom stereocenters. The van der Waals surface area contributed by atoms with Crippen LogP contribution in [0.15, 0.2) is 60.7 Å². The van der Waals surface area contributed by atoms with Gasteiger partial charge in [0.25, 0.3) is 0 Å². The summed E-state index contributed by atoms with van der Waals surface area (Å²) in [5.41, 5.74) is 1.49. The van der Waals surface area contributed by atoms with Gasteiger partial charge >= 0.3 is 0 Å². The fraction of sp³-hybridized carbons (Fsp3) is 0.368. The summed E-state index contributed by atoms with van der Waals surface area (Å²) in [6.07, 6.45) is 5.49. The van der Waals surface area contributed by atoms with Crippen LogP contribution < -0.4 is 5.19 Å². The topological polar surface area (TPSA) is 0 Å². The second kappa shape index (κ2) is 9.75. The van der Waals surface area contributed by atoms with Crippen molar-refractivity contribution in [2.45, 2.75) is 43.8 Å². The molecule has 0 bridgehead atoms. The predicted molar refractivity (Wildman–Crippen MR) is 95.6 cm³/mol. The van der Waals surface area contributed by atoms with Gasteiger partial charge in [0.1, 0.15) is 0 Å². The molecule has 0 aliphatic carbocycles. The molecule has 2 aromatic carbocycles. The summed E-state index contributed by atoms with van der Waals surface area (Å²) < 4.78 is 0. The van der Waals surface area contributed by atoms with Crippen molar-refractivity contribution in [3.63, 3.8) is 0 Å². The quantitative estimate of drug-likeness (QED) is 0.480. The molecule has 2 heteroatoms. The summed E-state index contributed by atoms with van der Waals surface area (Å²) in [5.74, 6) is 0. The van der Waals surface area contributed by atoms with Crippen molar-refractivity contribution in [3.05, 3.63) is 66.2 Å². The molecule has 0 heterocycles. The standard InChI is InChI=1S/C19H24Si2/c1-2-3-6-15-19(21-18-13-9-5-10-14-18)20-16-17-11-7-4-8-12-17/h4-5,7-14,19H,2-3,6,15-16H2,1H3/t19-/m1/s1. The summed E-state index contributed by atoms with van der Waals surface area (Å²) in [5, 5.41) is 2.40. The second-order valence-corrected chi connectivity index (χ2v) is 9.02. The van der Waals surface area contributed by atoms with Gasteiger partial charge in [0.15, 0.2) is 0 Å². The lowest BCUT2D eigenvalue weighted by atomic mass is 10.2. The van der Waals surface area contributed by atoms with Crippen LogP contribution in [0.1, 0.15) is 38.2 Å². The molecule has 0 fully saturated rings. The molecule has 0 aromatic heterocycles. The van der Waals surface area contributed by atoms with Gasteiger partial charge in [-0.2, -0.15) is 0 Å². The first kappa shape index (κ1) is 16.2. The molecule has 0 spiro atoms. The number of hydrogen-bond donors (Lipinski definition) is 0. The third kappa shape index (κ3) is 6.45. The van der Waals surface area contributed by atoms with Crippen molar-refractivity contribution in [2.75, 3.05) is 0 Å². The number of benzene rings is 2. The predicted octanol–water partition coefficient (Wildman–Crippen LogP) is 4.25. The third-order valence-corrected chi connectivity index (χ3v) is 7.35. The zero-order valence-electron chi connectivity index (χ0n) is 12.9.